The summed E-state index contributed by atoms with van der Waals surface area (Å²) in [6.45, 7) is 14.6. The second kappa shape index (κ2) is 16.9. The van der Waals surface area contributed by atoms with Crippen LogP contribution >= 0.6 is 0 Å². The number of ether oxygens (including phenoxy) is 1. The van der Waals surface area contributed by atoms with Crippen molar-refractivity contribution in [2.75, 3.05) is 82.6 Å². The first-order chi connectivity index (χ1) is 25.9. The molecule has 3 atom stereocenters. The van der Waals surface area contributed by atoms with E-state index in [1.165, 1.54) is 24.9 Å². The number of carbonyl (C=O) groups is 3. The first-order valence-electron chi connectivity index (χ1n) is 19.3. The maximum Gasteiger partial charge on any atom is 0.247 e. The Kier molecular flexibility index (Phi) is 12.2. The van der Waals surface area contributed by atoms with Gasteiger partial charge in [-0.1, -0.05) is 20.8 Å². The molecule has 3 saturated heterocycles. The molecule has 0 bridgehead atoms. The van der Waals surface area contributed by atoms with Crippen molar-refractivity contribution in [2.24, 2.45) is 5.41 Å². The van der Waals surface area contributed by atoms with Crippen LogP contribution in [0.4, 0.5) is 22.9 Å². The molecule has 1 aromatic heterocycles. The van der Waals surface area contributed by atoms with Gasteiger partial charge in [-0.3, -0.25) is 19.3 Å². The Bertz CT molecular complexity index is 1780. The molecule has 3 fully saturated rings. The van der Waals surface area contributed by atoms with Gasteiger partial charge in [0, 0.05) is 74.7 Å². The molecule has 2 aromatic carbocycles. The zero-order valence-corrected chi connectivity index (χ0v) is 32.9. The van der Waals surface area contributed by atoms with Crippen LogP contribution in [0.25, 0.3) is 10.9 Å². The predicted molar refractivity (Wildman–Crippen MR) is 213 cm³/mol. The molecule has 3 amide bonds. The second-order valence-corrected chi connectivity index (χ2v) is 16.0. The molecule has 14 heteroatoms. The molecule has 1 unspecified atom stereocenters. The largest absolute Gasteiger partial charge is 0.494 e. The minimum atomic E-state index is -0.802. The van der Waals surface area contributed by atoms with Crippen LogP contribution in [0.3, 0.4) is 0 Å². The molecule has 54 heavy (non-hydrogen) atoms. The second-order valence-electron chi connectivity index (χ2n) is 16.0. The number of piperazine rings is 1. The molecule has 3 aromatic rings. The number of amides is 3. The molecule has 3 aliphatic heterocycles. The van der Waals surface area contributed by atoms with Crippen LogP contribution in [0.5, 0.6) is 5.75 Å². The van der Waals surface area contributed by atoms with Crippen LogP contribution in [-0.2, 0) is 14.4 Å². The number of methoxy groups -OCH3 is 1. The quantitative estimate of drug-likeness (QED) is 0.228. The van der Waals surface area contributed by atoms with E-state index in [-0.39, 0.29) is 17.7 Å². The van der Waals surface area contributed by atoms with Gasteiger partial charge in [-0.2, -0.15) is 0 Å². The molecule has 0 spiro atoms. The van der Waals surface area contributed by atoms with Crippen molar-refractivity contribution in [3.05, 3.63) is 42.7 Å². The molecular formula is C40H58N10O4. The summed E-state index contributed by atoms with van der Waals surface area (Å²) < 4.78 is 5.69. The fourth-order valence-electron chi connectivity index (χ4n) is 7.75. The van der Waals surface area contributed by atoms with Gasteiger partial charge in [-0.15, -0.1) is 0 Å². The Labute approximate surface area is 319 Å². The van der Waals surface area contributed by atoms with Crippen molar-refractivity contribution in [1.29, 1.82) is 0 Å². The standard InChI is InChI=1S/C40H58N10O4/c1-26(41-5)37(51)46-35(40(2,3)4)39(53)50-16-8-9-33(50)38(52)45-32-23-30-31(24-34(32)54-7)42-25-43-36(30)44-27-10-12-28(13-11-27)48-17-14-29(15-18-48)49-21-19-47(6)20-22-49/h10-13,23-26,29,33,35,41H,8-9,14-22H2,1-7H3,(H,45,52)(H,46,51)(H,42,43,44)/t26-,33?,35+/m0/s1. The fraction of sp³-hybridized carbons (Fsp3) is 0.575. The minimum absolute atomic E-state index is 0.272. The molecule has 6 rings (SSSR count). The van der Waals surface area contributed by atoms with Crippen molar-refractivity contribution >= 4 is 51.5 Å². The topological polar surface area (TPSA) is 147 Å². The third-order valence-electron chi connectivity index (χ3n) is 11.3. The molecule has 0 aliphatic carbocycles. The first kappa shape index (κ1) is 39.2. The number of benzene rings is 2. The summed E-state index contributed by atoms with van der Waals surface area (Å²) in [5.41, 5.74) is 2.63. The smallest absolute Gasteiger partial charge is 0.247 e. The summed E-state index contributed by atoms with van der Waals surface area (Å²) in [6, 6.07) is 10.7. The zero-order chi connectivity index (χ0) is 38.6. The highest BCUT2D eigenvalue weighted by Crippen LogP contribution is 2.35. The van der Waals surface area contributed by atoms with Crippen molar-refractivity contribution < 1.29 is 19.1 Å². The number of carbonyl (C=O) groups excluding carboxylic acids is 3. The van der Waals surface area contributed by atoms with Gasteiger partial charge in [0.2, 0.25) is 17.7 Å². The van der Waals surface area contributed by atoms with Gasteiger partial charge in [-0.05, 0) is 82.4 Å². The van der Waals surface area contributed by atoms with Crippen LogP contribution in [0, 0.1) is 5.41 Å². The molecule has 14 nitrogen and oxygen atoms in total. The number of piperidine rings is 1. The number of aromatic nitrogens is 2. The number of likely N-dealkylation sites (tertiary alicyclic amines) is 1. The van der Waals surface area contributed by atoms with E-state index in [1.807, 2.05) is 26.8 Å². The van der Waals surface area contributed by atoms with Crippen LogP contribution < -0.4 is 30.9 Å². The summed E-state index contributed by atoms with van der Waals surface area (Å²) >= 11 is 0. The Morgan fingerprint density at radius 2 is 1.63 bits per heavy atom. The average Bonchev–Trinajstić information content (AvgIpc) is 3.67. The number of nitrogens with one attached hydrogen (secondary N) is 4. The van der Waals surface area contributed by atoms with Crippen molar-refractivity contribution in [3.8, 4) is 5.75 Å². The lowest BCUT2D eigenvalue weighted by molar-refractivity contribution is -0.143. The van der Waals surface area contributed by atoms with Gasteiger partial charge in [0.15, 0.2) is 0 Å². The van der Waals surface area contributed by atoms with Crippen LogP contribution in [0.2, 0.25) is 0 Å². The zero-order valence-electron chi connectivity index (χ0n) is 32.9. The van der Waals surface area contributed by atoms with E-state index in [2.05, 4.69) is 77.2 Å². The SMILES string of the molecule is CN[C@@H](C)C(=O)N[C@H](C(=O)N1CCCC1C(=O)Nc1cc2c(Nc3ccc(N4CCC(N5CCN(C)CC5)CC4)cc3)ncnc2cc1OC)C(C)(C)C. The highest BCUT2D eigenvalue weighted by molar-refractivity contribution is 6.03. The van der Waals surface area contributed by atoms with E-state index in [1.54, 1.807) is 32.0 Å². The molecular weight excluding hydrogens is 685 g/mol. The Morgan fingerprint density at radius 3 is 2.28 bits per heavy atom. The summed E-state index contributed by atoms with van der Waals surface area (Å²) in [6.07, 6.45) is 5.04. The number of hydrogen-bond acceptors (Lipinski definition) is 11. The van der Waals surface area contributed by atoms with Crippen molar-refractivity contribution in [1.82, 2.24) is 35.3 Å². The Balaban J connectivity index is 1.14. The summed E-state index contributed by atoms with van der Waals surface area (Å²) in [5.74, 6) is 0.166. The lowest BCUT2D eigenvalue weighted by Gasteiger charge is -2.42. The van der Waals surface area contributed by atoms with Crippen molar-refractivity contribution in [3.63, 3.8) is 0 Å². The van der Waals surface area contributed by atoms with Gasteiger partial charge in [-0.25, -0.2) is 9.97 Å². The highest BCUT2D eigenvalue weighted by Gasteiger charge is 2.42. The van der Waals surface area contributed by atoms with Crippen LogP contribution in [-0.4, -0.2) is 134 Å². The normalized spacial score (nSPS) is 20.1. The van der Waals surface area contributed by atoms with Gasteiger partial charge in [0.1, 0.15) is 30.0 Å². The van der Waals surface area contributed by atoms with Gasteiger partial charge >= 0.3 is 0 Å². The monoisotopic (exact) mass is 742 g/mol. The van der Waals surface area contributed by atoms with E-state index in [4.69, 9.17) is 4.74 Å². The number of likely N-dealkylation sites (N-methyl/N-ethyl adjacent to an activating group) is 2. The predicted octanol–water partition coefficient (Wildman–Crippen LogP) is 3.67. The molecule has 4 N–H and O–H groups in total. The third kappa shape index (κ3) is 8.88. The Hall–Kier alpha value is -4.53. The highest BCUT2D eigenvalue weighted by atomic mass is 16.5. The van der Waals surface area contributed by atoms with Crippen LogP contribution in [0.15, 0.2) is 42.7 Å². The van der Waals surface area contributed by atoms with E-state index in [0.29, 0.717) is 53.6 Å². The number of nitrogens with zero attached hydrogens (tertiary/aromatic N) is 6. The molecule has 0 saturated carbocycles. The fourth-order valence-corrected chi connectivity index (χ4v) is 7.75. The molecule has 4 heterocycles. The van der Waals surface area contributed by atoms with E-state index < -0.39 is 23.5 Å². The number of hydrogen-bond donors (Lipinski definition) is 4. The maximum atomic E-state index is 14.0. The maximum absolute atomic E-state index is 14.0. The molecule has 0 radical (unpaired) electrons. The average molecular weight is 743 g/mol. The summed E-state index contributed by atoms with van der Waals surface area (Å²) in [7, 11) is 5.45. The number of rotatable bonds is 11. The molecule has 292 valence electrons. The van der Waals surface area contributed by atoms with Crippen molar-refractivity contribution in [2.45, 2.75) is 77.5 Å². The Morgan fingerprint density at radius 1 is 0.926 bits per heavy atom. The molecule has 3 aliphatic rings. The summed E-state index contributed by atoms with van der Waals surface area (Å²) in [4.78, 5) is 58.9. The summed E-state index contributed by atoms with van der Waals surface area (Å²) in [5, 5.41) is 13.0. The van der Waals surface area contributed by atoms with E-state index in [0.717, 1.165) is 45.0 Å². The van der Waals surface area contributed by atoms with Gasteiger partial charge < -0.3 is 40.7 Å². The number of fused-ring (bicyclic) bond motifs is 1. The van der Waals surface area contributed by atoms with Gasteiger partial charge in [0.05, 0.1) is 24.4 Å². The minimum Gasteiger partial charge on any atom is -0.494 e. The lowest BCUT2D eigenvalue weighted by atomic mass is 9.85. The lowest BCUT2D eigenvalue weighted by Crippen LogP contribution is -2.59. The van der Waals surface area contributed by atoms with Gasteiger partial charge in [0.25, 0.3) is 0 Å². The number of anilines is 4. The van der Waals surface area contributed by atoms with E-state index >= 15 is 0 Å². The van der Waals surface area contributed by atoms with E-state index in [9.17, 15) is 14.4 Å². The first-order valence-corrected chi connectivity index (χ1v) is 19.3. The third-order valence-corrected chi connectivity index (χ3v) is 11.3. The van der Waals surface area contributed by atoms with Crippen LogP contribution in [0.1, 0.15) is 53.4 Å².